The molecule has 6 heteroatoms. The maximum absolute atomic E-state index is 12.1. The minimum Gasteiger partial charge on any atom is -0.272 e. The molecule has 2 aromatic carbocycles. The fourth-order valence-corrected chi connectivity index (χ4v) is 2.48. The van der Waals surface area contributed by atoms with Gasteiger partial charge in [-0.05, 0) is 24.1 Å². The third-order valence-electron chi connectivity index (χ3n) is 3.76. The number of nitrogens with zero attached hydrogens (tertiary/aromatic N) is 2. The molecule has 0 fully saturated rings. The number of aromatic nitrogens is 2. The topological polar surface area (TPSA) is 70.1 Å². The molecule has 126 valence electrons. The molecule has 3 aromatic rings. The summed E-state index contributed by atoms with van der Waals surface area (Å²) < 4.78 is 0. The average Bonchev–Trinajstić information content (AvgIpc) is 3.13. The van der Waals surface area contributed by atoms with Crippen LogP contribution in [0.15, 0.2) is 59.7 Å². The number of benzene rings is 2. The van der Waals surface area contributed by atoms with Crippen LogP contribution in [-0.2, 0) is 6.42 Å². The van der Waals surface area contributed by atoms with Gasteiger partial charge in [-0.15, -0.1) is 0 Å². The Balaban J connectivity index is 1.67. The van der Waals surface area contributed by atoms with Crippen molar-refractivity contribution in [1.29, 1.82) is 0 Å². The van der Waals surface area contributed by atoms with Crippen LogP contribution in [0, 0.1) is 0 Å². The maximum atomic E-state index is 12.1. The van der Waals surface area contributed by atoms with Crippen LogP contribution in [0.4, 0.5) is 0 Å². The SMILES string of the molecule is CCc1ccc(-c2cc(C(=O)N/N=C\c3ccccc3Cl)[nH]n2)cc1. The lowest BCUT2D eigenvalue weighted by atomic mass is 10.1. The number of aromatic amines is 1. The van der Waals surface area contributed by atoms with Crippen molar-refractivity contribution in [3.63, 3.8) is 0 Å². The minimum absolute atomic E-state index is 0.339. The van der Waals surface area contributed by atoms with E-state index in [9.17, 15) is 4.79 Å². The van der Waals surface area contributed by atoms with Crippen molar-refractivity contribution in [1.82, 2.24) is 15.6 Å². The molecule has 2 N–H and O–H groups in total. The lowest BCUT2D eigenvalue weighted by Gasteiger charge is -1.99. The number of halogens is 1. The van der Waals surface area contributed by atoms with Crippen molar-refractivity contribution in [2.45, 2.75) is 13.3 Å². The Hall–Kier alpha value is -2.92. The Morgan fingerprint density at radius 1 is 1.24 bits per heavy atom. The third-order valence-corrected chi connectivity index (χ3v) is 4.10. The molecule has 0 atom stereocenters. The molecule has 0 spiro atoms. The highest BCUT2D eigenvalue weighted by Crippen LogP contribution is 2.18. The quantitative estimate of drug-likeness (QED) is 0.537. The van der Waals surface area contributed by atoms with Crippen LogP contribution in [-0.4, -0.2) is 22.3 Å². The van der Waals surface area contributed by atoms with Crippen molar-refractivity contribution in [2.24, 2.45) is 5.10 Å². The minimum atomic E-state index is -0.368. The number of hydrogen-bond donors (Lipinski definition) is 2. The normalized spacial score (nSPS) is 11.0. The molecule has 0 bridgehead atoms. The Morgan fingerprint density at radius 2 is 2.00 bits per heavy atom. The summed E-state index contributed by atoms with van der Waals surface area (Å²) in [5.74, 6) is -0.368. The molecule has 1 amide bonds. The van der Waals surface area contributed by atoms with Gasteiger partial charge in [0.05, 0.1) is 11.9 Å². The van der Waals surface area contributed by atoms with Gasteiger partial charge in [-0.1, -0.05) is 61.0 Å². The van der Waals surface area contributed by atoms with Gasteiger partial charge in [-0.3, -0.25) is 9.89 Å². The summed E-state index contributed by atoms with van der Waals surface area (Å²) in [6.45, 7) is 2.11. The van der Waals surface area contributed by atoms with E-state index in [0.29, 0.717) is 16.4 Å². The number of carbonyl (C=O) groups excluding carboxylic acids is 1. The molecule has 0 aliphatic heterocycles. The van der Waals surface area contributed by atoms with E-state index in [-0.39, 0.29) is 5.91 Å². The smallest absolute Gasteiger partial charge is 0.272 e. The largest absolute Gasteiger partial charge is 0.289 e. The number of amides is 1. The molecule has 0 unspecified atom stereocenters. The number of hydrogen-bond acceptors (Lipinski definition) is 3. The first-order valence-electron chi connectivity index (χ1n) is 7.90. The Bertz CT molecular complexity index is 900. The first kappa shape index (κ1) is 16.9. The predicted molar refractivity (Wildman–Crippen MR) is 99.9 cm³/mol. The average molecular weight is 353 g/mol. The number of rotatable bonds is 5. The van der Waals surface area contributed by atoms with Crippen LogP contribution in [0.3, 0.4) is 0 Å². The molecule has 1 heterocycles. The zero-order chi connectivity index (χ0) is 17.6. The number of nitrogens with one attached hydrogen (secondary N) is 2. The van der Waals surface area contributed by atoms with Crippen LogP contribution in [0.2, 0.25) is 5.02 Å². The third kappa shape index (κ3) is 4.14. The highest BCUT2D eigenvalue weighted by molar-refractivity contribution is 6.33. The summed E-state index contributed by atoms with van der Waals surface area (Å²) in [5.41, 5.74) is 6.44. The molecule has 0 aliphatic rings. The zero-order valence-corrected chi connectivity index (χ0v) is 14.4. The van der Waals surface area contributed by atoms with Gasteiger partial charge >= 0.3 is 0 Å². The van der Waals surface area contributed by atoms with Gasteiger partial charge in [0.2, 0.25) is 0 Å². The molecule has 0 saturated heterocycles. The van der Waals surface area contributed by atoms with E-state index in [0.717, 1.165) is 17.5 Å². The molecule has 0 saturated carbocycles. The van der Waals surface area contributed by atoms with Gasteiger partial charge in [-0.25, -0.2) is 5.43 Å². The lowest BCUT2D eigenvalue weighted by Crippen LogP contribution is -2.18. The zero-order valence-electron chi connectivity index (χ0n) is 13.7. The summed E-state index contributed by atoms with van der Waals surface area (Å²) in [6.07, 6.45) is 2.49. The van der Waals surface area contributed by atoms with Crippen LogP contribution in [0.5, 0.6) is 0 Å². The van der Waals surface area contributed by atoms with Crippen LogP contribution in [0.1, 0.15) is 28.5 Å². The summed E-state index contributed by atoms with van der Waals surface area (Å²) in [4.78, 5) is 12.1. The second kappa shape index (κ2) is 7.77. The summed E-state index contributed by atoms with van der Waals surface area (Å²) in [5, 5.41) is 11.4. The van der Waals surface area contributed by atoms with Crippen LogP contribution < -0.4 is 5.43 Å². The molecule has 3 rings (SSSR count). The molecule has 0 radical (unpaired) electrons. The van der Waals surface area contributed by atoms with E-state index in [2.05, 4.69) is 39.8 Å². The second-order valence-electron chi connectivity index (χ2n) is 5.44. The van der Waals surface area contributed by atoms with Crippen molar-refractivity contribution < 1.29 is 4.79 Å². The monoisotopic (exact) mass is 352 g/mol. The summed E-state index contributed by atoms with van der Waals surface area (Å²) in [6, 6.07) is 17.0. The van der Waals surface area contributed by atoms with Gasteiger partial charge in [0, 0.05) is 16.1 Å². The Morgan fingerprint density at radius 3 is 2.72 bits per heavy atom. The molecule has 25 heavy (non-hydrogen) atoms. The van der Waals surface area contributed by atoms with Gasteiger partial charge in [0.25, 0.3) is 5.91 Å². The number of carbonyl (C=O) groups is 1. The van der Waals surface area contributed by atoms with Gasteiger partial charge < -0.3 is 0 Å². The number of H-pyrrole nitrogens is 1. The molecule has 0 aliphatic carbocycles. The van der Waals surface area contributed by atoms with Crippen LogP contribution >= 0.6 is 11.6 Å². The lowest BCUT2D eigenvalue weighted by molar-refractivity contribution is 0.0950. The molecule has 1 aromatic heterocycles. The van der Waals surface area contributed by atoms with Crippen molar-refractivity contribution in [3.8, 4) is 11.3 Å². The fraction of sp³-hybridized carbons (Fsp3) is 0.105. The van der Waals surface area contributed by atoms with E-state index in [1.807, 2.05) is 30.3 Å². The van der Waals surface area contributed by atoms with Crippen molar-refractivity contribution >= 4 is 23.7 Å². The van der Waals surface area contributed by atoms with E-state index in [4.69, 9.17) is 11.6 Å². The standard InChI is InChI=1S/C19H17ClN4O/c1-2-13-7-9-14(10-8-13)17-11-18(23-22-17)19(25)24-21-12-15-5-3-4-6-16(15)20/h3-12H,2H2,1H3,(H,22,23)(H,24,25)/b21-12-. The van der Waals surface area contributed by atoms with E-state index in [1.165, 1.54) is 11.8 Å². The summed E-state index contributed by atoms with van der Waals surface area (Å²) in [7, 11) is 0. The van der Waals surface area contributed by atoms with Crippen molar-refractivity contribution in [2.75, 3.05) is 0 Å². The highest BCUT2D eigenvalue weighted by atomic mass is 35.5. The first-order chi connectivity index (χ1) is 12.2. The van der Waals surface area contributed by atoms with E-state index in [1.54, 1.807) is 12.1 Å². The molecular weight excluding hydrogens is 336 g/mol. The van der Waals surface area contributed by atoms with Gasteiger partial charge in [0.15, 0.2) is 0 Å². The predicted octanol–water partition coefficient (Wildman–Crippen LogP) is 4.06. The van der Waals surface area contributed by atoms with Gasteiger partial charge in [-0.2, -0.15) is 10.2 Å². The number of hydrazone groups is 1. The van der Waals surface area contributed by atoms with E-state index >= 15 is 0 Å². The Kier molecular flexibility index (Phi) is 5.26. The highest BCUT2D eigenvalue weighted by Gasteiger charge is 2.10. The first-order valence-corrected chi connectivity index (χ1v) is 8.28. The van der Waals surface area contributed by atoms with Crippen LogP contribution in [0.25, 0.3) is 11.3 Å². The second-order valence-corrected chi connectivity index (χ2v) is 5.85. The summed E-state index contributed by atoms with van der Waals surface area (Å²) >= 11 is 6.03. The maximum Gasteiger partial charge on any atom is 0.289 e. The fourth-order valence-electron chi connectivity index (χ4n) is 2.30. The number of aryl methyl sites for hydroxylation is 1. The Labute approximate surface area is 150 Å². The van der Waals surface area contributed by atoms with Crippen molar-refractivity contribution in [3.05, 3.63) is 76.4 Å². The van der Waals surface area contributed by atoms with Gasteiger partial charge in [0.1, 0.15) is 5.69 Å². The molecular formula is C19H17ClN4O. The molecule has 5 nitrogen and oxygen atoms in total. The van der Waals surface area contributed by atoms with E-state index < -0.39 is 0 Å².